The number of ketones is 1. The van der Waals surface area contributed by atoms with Crippen LogP contribution in [-0.4, -0.2) is 37.4 Å². The predicted molar refractivity (Wildman–Crippen MR) is 128 cm³/mol. The SMILES string of the molecule is C=C1CC[C@H](CO)C/C1=C/C[P+](=O)P.COC[C@@H](C)C1CC[C@H]2C(=O)CCC[C@]12C. The number of ether oxygens (including phenoxy) is 1. The molecule has 6 heteroatoms. The van der Waals surface area contributed by atoms with Crippen molar-refractivity contribution in [3.05, 3.63) is 23.8 Å². The van der Waals surface area contributed by atoms with Crippen LogP contribution in [0.1, 0.15) is 65.2 Å². The second-order valence-electron chi connectivity index (χ2n) is 9.72. The zero-order valence-electron chi connectivity index (χ0n) is 19.1. The maximum atomic E-state index is 12.0. The van der Waals surface area contributed by atoms with E-state index in [2.05, 4.69) is 29.4 Å². The van der Waals surface area contributed by atoms with E-state index < -0.39 is 7.49 Å². The van der Waals surface area contributed by atoms with Gasteiger partial charge >= 0.3 is 7.49 Å². The third kappa shape index (κ3) is 6.55. The van der Waals surface area contributed by atoms with Crippen LogP contribution < -0.4 is 0 Å². The number of aliphatic hydroxyl groups excluding tert-OH is 1. The van der Waals surface area contributed by atoms with Gasteiger partial charge in [0.05, 0.1) is 0 Å². The number of Topliss-reactive ketones (excluding diaryl/α,β-unsaturated/α-hetero) is 1. The molecule has 3 fully saturated rings. The first kappa shape index (κ1) is 25.9. The van der Waals surface area contributed by atoms with Crippen molar-refractivity contribution in [1.82, 2.24) is 0 Å². The number of allylic oxidation sites excluding steroid dienone is 3. The van der Waals surface area contributed by atoms with Gasteiger partial charge in [-0.25, -0.2) is 0 Å². The molecule has 3 unspecified atom stereocenters. The van der Waals surface area contributed by atoms with Gasteiger partial charge in [-0.15, -0.1) is 0 Å². The summed E-state index contributed by atoms with van der Waals surface area (Å²) in [5.74, 6) is 2.52. The van der Waals surface area contributed by atoms with Gasteiger partial charge in [-0.3, -0.25) is 4.79 Å². The van der Waals surface area contributed by atoms with E-state index in [0.717, 1.165) is 50.7 Å². The van der Waals surface area contributed by atoms with Crippen LogP contribution in [0.5, 0.6) is 0 Å². The second kappa shape index (κ2) is 12.0. The van der Waals surface area contributed by atoms with Crippen LogP contribution in [-0.2, 0) is 14.1 Å². The Morgan fingerprint density at radius 2 is 2.10 bits per heavy atom. The van der Waals surface area contributed by atoms with Gasteiger partial charge in [0.2, 0.25) is 0 Å². The van der Waals surface area contributed by atoms with Gasteiger partial charge in [-0.2, -0.15) is 0 Å². The Labute approximate surface area is 186 Å². The normalized spacial score (nSPS) is 34.2. The highest BCUT2D eigenvalue weighted by molar-refractivity contribution is 8.06. The number of rotatable bonds is 6. The van der Waals surface area contributed by atoms with Gasteiger partial charge < -0.3 is 9.84 Å². The van der Waals surface area contributed by atoms with Gasteiger partial charge in [0.1, 0.15) is 14.7 Å². The highest BCUT2D eigenvalue weighted by Crippen LogP contribution is 2.56. The summed E-state index contributed by atoms with van der Waals surface area (Å²) in [5, 5.41) is 9.05. The molecule has 3 saturated carbocycles. The van der Waals surface area contributed by atoms with Crippen molar-refractivity contribution in [2.45, 2.75) is 65.2 Å². The fraction of sp³-hybridized carbons (Fsp3) is 0.792. The molecule has 0 radical (unpaired) electrons. The highest BCUT2D eigenvalue weighted by atomic mass is 32.0. The van der Waals surface area contributed by atoms with Crippen molar-refractivity contribution in [1.29, 1.82) is 0 Å². The Hall–Kier alpha value is -0.400. The molecule has 0 aromatic carbocycles. The van der Waals surface area contributed by atoms with Crippen molar-refractivity contribution in [2.24, 2.45) is 29.1 Å². The van der Waals surface area contributed by atoms with Crippen molar-refractivity contribution in [2.75, 3.05) is 26.5 Å². The van der Waals surface area contributed by atoms with Crippen LogP contribution in [0, 0.1) is 29.1 Å². The van der Waals surface area contributed by atoms with Gasteiger partial charge in [0.25, 0.3) is 0 Å². The number of hydrogen-bond acceptors (Lipinski definition) is 4. The summed E-state index contributed by atoms with van der Waals surface area (Å²) in [6.07, 6.45) is 11.0. The summed E-state index contributed by atoms with van der Waals surface area (Å²) in [4.78, 5) is 12.0. The molecule has 0 spiro atoms. The Kier molecular flexibility index (Phi) is 10.3. The second-order valence-corrected chi connectivity index (χ2v) is 12.6. The number of carbonyl (C=O) groups is 1. The van der Waals surface area contributed by atoms with Crippen LogP contribution >= 0.6 is 16.4 Å². The van der Waals surface area contributed by atoms with Crippen molar-refractivity contribution in [3.63, 3.8) is 0 Å². The molecule has 7 atom stereocenters. The van der Waals surface area contributed by atoms with Crippen LogP contribution in [0.2, 0.25) is 0 Å². The third-order valence-electron chi connectivity index (χ3n) is 7.65. The molecule has 0 aromatic heterocycles. The highest BCUT2D eigenvalue weighted by Gasteiger charge is 2.52. The zero-order chi connectivity index (χ0) is 22.3. The summed E-state index contributed by atoms with van der Waals surface area (Å²) in [6, 6.07) is 0. The van der Waals surface area contributed by atoms with Crippen molar-refractivity contribution < 1.29 is 19.2 Å². The van der Waals surface area contributed by atoms with Gasteiger partial charge in [0, 0.05) is 32.7 Å². The molecule has 170 valence electrons. The van der Waals surface area contributed by atoms with E-state index in [1.807, 2.05) is 6.08 Å². The minimum Gasteiger partial charge on any atom is -0.396 e. The van der Waals surface area contributed by atoms with Crippen LogP contribution in [0.3, 0.4) is 0 Å². The molecule has 0 heterocycles. The summed E-state index contributed by atoms with van der Waals surface area (Å²) in [7, 11) is 2.91. The fourth-order valence-corrected chi connectivity index (χ4v) is 6.68. The Morgan fingerprint density at radius 3 is 2.73 bits per heavy atom. The number of hydrogen-bond donors (Lipinski definition) is 1. The molecule has 0 bridgehead atoms. The molecule has 3 rings (SSSR count). The lowest BCUT2D eigenvalue weighted by molar-refractivity contribution is -0.130. The lowest BCUT2D eigenvalue weighted by Gasteiger charge is -2.42. The number of carbonyl (C=O) groups excluding carboxylic acids is 1. The van der Waals surface area contributed by atoms with Crippen molar-refractivity contribution >= 4 is 22.2 Å². The minimum atomic E-state index is -1.18. The summed E-state index contributed by atoms with van der Waals surface area (Å²) < 4.78 is 16.2. The summed E-state index contributed by atoms with van der Waals surface area (Å²) >= 11 is 0. The maximum Gasteiger partial charge on any atom is 0.353 e. The average molecular weight is 456 g/mol. The van der Waals surface area contributed by atoms with Crippen LogP contribution in [0.15, 0.2) is 23.8 Å². The first-order valence-electron chi connectivity index (χ1n) is 11.4. The zero-order valence-corrected chi connectivity index (χ0v) is 21.1. The van der Waals surface area contributed by atoms with E-state index in [9.17, 15) is 9.36 Å². The average Bonchev–Trinajstić information content (AvgIpc) is 3.06. The molecule has 1 N–H and O–H groups in total. The molecule has 3 aliphatic rings. The number of fused-ring (bicyclic) bond motifs is 1. The lowest BCUT2D eigenvalue weighted by atomic mass is 9.62. The van der Waals surface area contributed by atoms with E-state index in [1.54, 1.807) is 7.11 Å². The summed E-state index contributed by atoms with van der Waals surface area (Å²) in [5.41, 5.74) is 2.62. The molecule has 0 aliphatic heterocycles. The van der Waals surface area contributed by atoms with Gasteiger partial charge in [-0.1, -0.05) is 30.6 Å². The monoisotopic (exact) mass is 455 g/mol. The molecular formula is C24H41O4P2+. The van der Waals surface area contributed by atoms with Crippen LogP contribution in [0.25, 0.3) is 0 Å². The molecule has 3 aliphatic carbocycles. The first-order chi connectivity index (χ1) is 14.2. The van der Waals surface area contributed by atoms with E-state index in [1.165, 1.54) is 18.4 Å². The number of methoxy groups -OCH3 is 1. The predicted octanol–water partition coefficient (Wildman–Crippen LogP) is 5.93. The molecule has 0 saturated heterocycles. The topological polar surface area (TPSA) is 63.6 Å². The lowest BCUT2D eigenvalue weighted by Crippen LogP contribution is -2.40. The molecular weight excluding hydrogens is 414 g/mol. The Balaban J connectivity index is 0.000000216. The standard InChI is InChI=1S/C14H24O2.C10H17O2P2/c1-10(9-16-3)11-6-7-12-13(15)5-4-8-14(11,12)2;1-8-2-3-9(7-11)6-10(8)4-5-14(12)13/h10-12H,4-9H2,1-3H3;4,9,11H,1-3,5-7,13H2/q;+1/b;10-4-/t10-,11?,12+,14-;9-/m10/s1. The molecule has 4 nitrogen and oxygen atoms in total. The van der Waals surface area contributed by atoms with Crippen LogP contribution in [0.4, 0.5) is 0 Å². The summed E-state index contributed by atoms with van der Waals surface area (Å²) in [6.45, 7) is 9.70. The largest absolute Gasteiger partial charge is 0.396 e. The maximum absolute atomic E-state index is 12.0. The molecule has 0 aromatic rings. The Morgan fingerprint density at radius 1 is 1.37 bits per heavy atom. The van der Waals surface area contributed by atoms with E-state index >= 15 is 0 Å². The van der Waals surface area contributed by atoms with Gasteiger partial charge in [-0.05, 0) is 79.8 Å². The quantitative estimate of drug-likeness (QED) is 0.504. The minimum absolute atomic E-state index is 0.248. The molecule has 0 amide bonds. The van der Waals surface area contributed by atoms with Crippen molar-refractivity contribution in [3.8, 4) is 0 Å². The van der Waals surface area contributed by atoms with Gasteiger partial charge in [0.15, 0.2) is 6.16 Å². The Bertz CT molecular complexity index is 660. The smallest absolute Gasteiger partial charge is 0.353 e. The first-order valence-corrected chi connectivity index (χ1v) is 14.5. The third-order valence-corrected chi connectivity index (χ3v) is 8.82. The number of aliphatic hydroxyl groups is 1. The van der Waals surface area contributed by atoms with E-state index in [-0.39, 0.29) is 12.0 Å². The van der Waals surface area contributed by atoms with E-state index in [0.29, 0.717) is 35.6 Å². The fourth-order valence-electron chi connectivity index (χ4n) is 5.96. The van der Waals surface area contributed by atoms with E-state index in [4.69, 9.17) is 9.84 Å². The molecule has 30 heavy (non-hydrogen) atoms.